The van der Waals surface area contributed by atoms with Crippen LogP contribution in [0.2, 0.25) is 0 Å². The molecule has 1 fully saturated rings. The number of nitrogens with two attached hydrogens (primary N) is 1. The van der Waals surface area contributed by atoms with Gasteiger partial charge >= 0.3 is 0 Å². The second-order valence-corrected chi connectivity index (χ2v) is 9.18. The lowest BCUT2D eigenvalue weighted by Crippen LogP contribution is -2.30. The van der Waals surface area contributed by atoms with Crippen molar-refractivity contribution >= 4 is 28.8 Å². The molecule has 3 N–H and O–H groups in total. The normalized spacial score (nSPS) is 14.9. The molecular formula is C29H28N6O2. The molecule has 2 amide bonds. The minimum Gasteiger partial charge on any atom is -0.382 e. The predicted molar refractivity (Wildman–Crippen MR) is 144 cm³/mol. The van der Waals surface area contributed by atoms with Crippen LogP contribution in [-0.4, -0.2) is 37.6 Å². The van der Waals surface area contributed by atoms with E-state index in [1.807, 2.05) is 60.8 Å². The van der Waals surface area contributed by atoms with Gasteiger partial charge < -0.3 is 16.0 Å². The van der Waals surface area contributed by atoms with Crippen molar-refractivity contribution in [3.05, 3.63) is 77.4 Å². The highest BCUT2D eigenvalue weighted by Crippen LogP contribution is 2.36. The Balaban J connectivity index is 1.54. The number of benzene rings is 2. The van der Waals surface area contributed by atoms with Gasteiger partial charge in [-0.25, -0.2) is 9.97 Å². The number of imidazole rings is 1. The highest BCUT2D eigenvalue weighted by atomic mass is 16.2. The van der Waals surface area contributed by atoms with E-state index in [9.17, 15) is 9.59 Å². The van der Waals surface area contributed by atoms with Gasteiger partial charge in [0, 0.05) is 35.8 Å². The summed E-state index contributed by atoms with van der Waals surface area (Å²) in [6.45, 7) is 6.15. The van der Waals surface area contributed by atoms with Crippen LogP contribution in [-0.2, 0) is 4.79 Å². The largest absolute Gasteiger partial charge is 0.382 e. The summed E-state index contributed by atoms with van der Waals surface area (Å²) in [5.41, 5.74) is 11.6. The molecule has 1 atom stereocenters. The van der Waals surface area contributed by atoms with Crippen molar-refractivity contribution in [2.75, 3.05) is 17.6 Å². The van der Waals surface area contributed by atoms with Crippen molar-refractivity contribution in [1.82, 2.24) is 19.3 Å². The van der Waals surface area contributed by atoms with Crippen molar-refractivity contribution in [2.24, 2.45) is 0 Å². The lowest BCUT2D eigenvalue weighted by molar-refractivity contribution is -0.126. The van der Waals surface area contributed by atoms with E-state index in [4.69, 9.17) is 10.7 Å². The maximum Gasteiger partial charge on any atom is 0.299 e. The van der Waals surface area contributed by atoms with Crippen molar-refractivity contribution in [2.45, 2.75) is 39.7 Å². The standard InChI is InChI=1S/C29H28N6O2/c1-4-8-24(36)34-15-7-11-23(34)28-33-25(26-27(30)31-14-16-35(26)28)20-12-13-21(19(3)17-20)29(37)32-22-10-6-5-9-18(22)2/h5-6,9-10,12-14,16-17,23H,7,11,15H2,1-3H3,(H2,30,31)(H,32,37)/t23-/m0/s1. The molecule has 1 saturated heterocycles. The zero-order valence-electron chi connectivity index (χ0n) is 21.1. The zero-order valence-corrected chi connectivity index (χ0v) is 21.1. The number of hydrogen-bond acceptors (Lipinski definition) is 5. The van der Waals surface area contributed by atoms with Crippen LogP contribution >= 0.6 is 0 Å². The summed E-state index contributed by atoms with van der Waals surface area (Å²) < 4.78 is 1.92. The van der Waals surface area contributed by atoms with Crippen molar-refractivity contribution in [3.63, 3.8) is 0 Å². The van der Waals surface area contributed by atoms with Crippen LogP contribution in [0.5, 0.6) is 0 Å². The molecule has 3 heterocycles. The van der Waals surface area contributed by atoms with Gasteiger partial charge in [-0.05, 0) is 68.9 Å². The Morgan fingerprint density at radius 1 is 1.14 bits per heavy atom. The number of fused-ring (bicyclic) bond motifs is 1. The average Bonchev–Trinajstić information content (AvgIpc) is 3.51. The number of aryl methyl sites for hydroxylation is 2. The molecule has 186 valence electrons. The Labute approximate surface area is 215 Å². The van der Waals surface area contributed by atoms with E-state index in [1.54, 1.807) is 24.1 Å². The molecule has 0 spiro atoms. The predicted octanol–water partition coefficient (Wildman–Crippen LogP) is 4.53. The number of carbonyl (C=O) groups excluding carboxylic acids is 2. The van der Waals surface area contributed by atoms with Gasteiger partial charge in [-0.1, -0.05) is 30.2 Å². The number of carbonyl (C=O) groups is 2. The Bertz CT molecular complexity index is 1590. The van der Waals surface area contributed by atoms with Gasteiger partial charge in [0.25, 0.3) is 11.8 Å². The van der Waals surface area contributed by atoms with E-state index >= 15 is 0 Å². The number of nitrogen functional groups attached to an aromatic ring is 1. The molecular weight excluding hydrogens is 464 g/mol. The van der Waals surface area contributed by atoms with Crippen LogP contribution in [0.4, 0.5) is 11.5 Å². The van der Waals surface area contributed by atoms with Crippen LogP contribution in [0, 0.1) is 25.7 Å². The molecule has 0 aliphatic carbocycles. The molecule has 8 heteroatoms. The van der Waals surface area contributed by atoms with E-state index in [-0.39, 0.29) is 17.9 Å². The Hall–Kier alpha value is -4.64. The second kappa shape index (κ2) is 9.78. The number of para-hydroxylation sites is 1. The number of likely N-dealkylation sites (tertiary alicyclic amines) is 1. The number of aromatic nitrogens is 3. The van der Waals surface area contributed by atoms with E-state index in [2.05, 4.69) is 22.1 Å². The lowest BCUT2D eigenvalue weighted by Gasteiger charge is -2.21. The lowest BCUT2D eigenvalue weighted by atomic mass is 10.0. The van der Waals surface area contributed by atoms with E-state index in [0.29, 0.717) is 29.1 Å². The molecule has 8 nitrogen and oxygen atoms in total. The molecule has 2 aromatic heterocycles. The highest BCUT2D eigenvalue weighted by molar-refractivity contribution is 6.06. The topological polar surface area (TPSA) is 106 Å². The molecule has 5 rings (SSSR count). The van der Waals surface area contributed by atoms with Gasteiger partial charge in [-0.15, -0.1) is 0 Å². The smallest absolute Gasteiger partial charge is 0.299 e. The van der Waals surface area contributed by atoms with Gasteiger partial charge in [0.1, 0.15) is 22.9 Å². The summed E-state index contributed by atoms with van der Waals surface area (Å²) in [4.78, 5) is 36.7. The van der Waals surface area contributed by atoms with Crippen LogP contribution in [0.25, 0.3) is 16.8 Å². The quantitative estimate of drug-likeness (QED) is 0.407. The Kier molecular flexibility index (Phi) is 6.36. The maximum atomic E-state index is 13.0. The number of rotatable bonds is 4. The first-order chi connectivity index (χ1) is 17.9. The SMILES string of the molecule is CC#CC(=O)N1CCC[C@H]1c1nc(-c2ccc(C(=O)Nc3ccccc3C)c(C)c2)c2c(N)nccn12. The third-order valence-corrected chi connectivity index (χ3v) is 6.79. The number of anilines is 2. The van der Waals surface area contributed by atoms with Crippen LogP contribution in [0.3, 0.4) is 0 Å². The van der Waals surface area contributed by atoms with Gasteiger partial charge in [0.15, 0.2) is 0 Å². The summed E-state index contributed by atoms with van der Waals surface area (Å²) in [6, 6.07) is 13.1. The average molecular weight is 493 g/mol. The van der Waals surface area contributed by atoms with E-state index in [1.165, 1.54) is 0 Å². The van der Waals surface area contributed by atoms with E-state index in [0.717, 1.165) is 41.0 Å². The summed E-state index contributed by atoms with van der Waals surface area (Å²) in [6.07, 6.45) is 5.11. The summed E-state index contributed by atoms with van der Waals surface area (Å²) in [5, 5.41) is 3.00. The molecule has 1 aliphatic rings. The zero-order chi connectivity index (χ0) is 26.1. The fraction of sp³-hybridized carbons (Fsp3) is 0.241. The van der Waals surface area contributed by atoms with Gasteiger partial charge in [0.2, 0.25) is 0 Å². The van der Waals surface area contributed by atoms with Gasteiger partial charge in [0.05, 0.1) is 6.04 Å². The first-order valence-electron chi connectivity index (χ1n) is 12.2. The number of nitrogens with zero attached hydrogens (tertiary/aromatic N) is 4. The maximum absolute atomic E-state index is 13.0. The molecule has 0 saturated carbocycles. The fourth-order valence-electron chi connectivity index (χ4n) is 4.95. The molecule has 4 aromatic rings. The van der Waals surface area contributed by atoms with Gasteiger partial charge in [-0.3, -0.25) is 14.0 Å². The minimum atomic E-state index is -0.211. The Morgan fingerprint density at radius 3 is 2.70 bits per heavy atom. The van der Waals surface area contributed by atoms with Crippen molar-refractivity contribution in [1.29, 1.82) is 0 Å². The first kappa shape index (κ1) is 24.1. The third kappa shape index (κ3) is 4.40. The van der Waals surface area contributed by atoms with Crippen molar-refractivity contribution in [3.8, 4) is 23.1 Å². The molecule has 1 aliphatic heterocycles. The first-order valence-corrected chi connectivity index (χ1v) is 12.2. The molecule has 37 heavy (non-hydrogen) atoms. The van der Waals surface area contributed by atoms with Crippen LogP contribution in [0.1, 0.15) is 53.1 Å². The van der Waals surface area contributed by atoms with Crippen LogP contribution < -0.4 is 11.1 Å². The fourth-order valence-corrected chi connectivity index (χ4v) is 4.95. The molecule has 0 bridgehead atoms. The second-order valence-electron chi connectivity index (χ2n) is 9.18. The Morgan fingerprint density at radius 2 is 1.95 bits per heavy atom. The molecule has 0 radical (unpaired) electrons. The minimum absolute atomic E-state index is 0.174. The van der Waals surface area contributed by atoms with Crippen LogP contribution in [0.15, 0.2) is 54.9 Å². The highest BCUT2D eigenvalue weighted by Gasteiger charge is 2.33. The molecule has 2 aromatic carbocycles. The summed E-state index contributed by atoms with van der Waals surface area (Å²) >= 11 is 0. The summed E-state index contributed by atoms with van der Waals surface area (Å²) in [7, 11) is 0. The van der Waals surface area contributed by atoms with Crippen molar-refractivity contribution < 1.29 is 9.59 Å². The summed E-state index contributed by atoms with van der Waals surface area (Å²) in [5.74, 6) is 6.05. The number of amides is 2. The van der Waals surface area contributed by atoms with Gasteiger partial charge in [-0.2, -0.15) is 0 Å². The third-order valence-electron chi connectivity index (χ3n) is 6.79. The number of nitrogens with one attached hydrogen (secondary N) is 1. The molecule has 0 unspecified atom stereocenters. The van der Waals surface area contributed by atoms with E-state index < -0.39 is 0 Å². The number of hydrogen-bond donors (Lipinski definition) is 2. The monoisotopic (exact) mass is 492 g/mol.